The minimum atomic E-state index is -1.09. The van der Waals surface area contributed by atoms with Gasteiger partial charge >= 0.3 is 11.9 Å². The zero-order chi connectivity index (χ0) is 24.2. The maximum absolute atomic E-state index is 13.7. The largest absolute Gasteiger partial charge is 0.466 e. The maximum atomic E-state index is 13.7. The van der Waals surface area contributed by atoms with E-state index in [0.717, 1.165) is 11.1 Å². The number of hydrogen-bond acceptors (Lipinski definition) is 6. The summed E-state index contributed by atoms with van der Waals surface area (Å²) in [6.07, 6.45) is 2.35. The molecule has 174 valence electrons. The van der Waals surface area contributed by atoms with Crippen molar-refractivity contribution in [2.45, 2.75) is 25.2 Å². The Morgan fingerprint density at radius 2 is 1.06 bits per heavy atom. The molecule has 0 N–H and O–H groups in total. The number of esters is 2. The van der Waals surface area contributed by atoms with Crippen LogP contribution in [0.4, 0.5) is 0 Å². The molecule has 2 amide bonds. The summed E-state index contributed by atoms with van der Waals surface area (Å²) in [5.74, 6) is -2.04. The standard InChI is InChI=1S/C26H24N2O6/c1-33-21(29)13-19-20(14-22(30)34-2)24-26(32)27(15-17-9-5-3-6-10-17)23(19)25(31)28(24)16-18-11-7-4-8-12-18/h3-14,23-24H,15-16H2,1-2H3/b19-13+,20-14+. The first-order valence-electron chi connectivity index (χ1n) is 10.7. The van der Waals surface area contributed by atoms with E-state index in [9.17, 15) is 19.2 Å². The zero-order valence-corrected chi connectivity index (χ0v) is 18.8. The van der Waals surface area contributed by atoms with Crippen LogP contribution in [0.1, 0.15) is 11.1 Å². The lowest BCUT2D eigenvalue weighted by Crippen LogP contribution is -2.69. The topological polar surface area (TPSA) is 93.2 Å². The smallest absolute Gasteiger partial charge is 0.330 e. The molecule has 2 unspecified atom stereocenters. The highest BCUT2D eigenvalue weighted by Gasteiger charge is 2.55. The second-order valence-corrected chi connectivity index (χ2v) is 7.95. The van der Waals surface area contributed by atoms with Crippen LogP contribution in [0.15, 0.2) is 84.0 Å². The zero-order valence-electron chi connectivity index (χ0n) is 18.8. The van der Waals surface area contributed by atoms with Gasteiger partial charge in [0.1, 0.15) is 12.1 Å². The number of carbonyl (C=O) groups excluding carboxylic acids is 4. The number of nitrogens with zero attached hydrogens (tertiary/aromatic N) is 2. The summed E-state index contributed by atoms with van der Waals surface area (Å²) in [5, 5.41) is 0. The van der Waals surface area contributed by atoms with Gasteiger partial charge in [0, 0.05) is 25.2 Å². The molecule has 3 aliphatic heterocycles. The van der Waals surface area contributed by atoms with Gasteiger partial charge in [0.2, 0.25) is 0 Å². The van der Waals surface area contributed by atoms with E-state index in [1.807, 2.05) is 60.7 Å². The number of rotatable bonds is 6. The Bertz CT molecular complexity index is 1080. The fourth-order valence-corrected chi connectivity index (χ4v) is 4.35. The summed E-state index contributed by atoms with van der Waals surface area (Å²) in [4.78, 5) is 54.8. The molecule has 3 saturated heterocycles. The molecule has 0 saturated carbocycles. The van der Waals surface area contributed by atoms with Crippen LogP contribution < -0.4 is 0 Å². The van der Waals surface area contributed by atoms with Crippen LogP contribution in [-0.2, 0) is 41.7 Å². The summed E-state index contributed by atoms with van der Waals surface area (Å²) in [6, 6.07) is 16.4. The van der Waals surface area contributed by atoms with Gasteiger partial charge in [-0.05, 0) is 22.3 Å². The molecule has 8 heteroatoms. The van der Waals surface area contributed by atoms with E-state index in [1.54, 1.807) is 0 Å². The van der Waals surface area contributed by atoms with Gasteiger partial charge in [-0.15, -0.1) is 0 Å². The third-order valence-corrected chi connectivity index (χ3v) is 5.92. The predicted octanol–water partition coefficient (Wildman–Crippen LogP) is 2.01. The number of piperidine rings is 2. The SMILES string of the molecule is COC(=O)/C=C1\C(=C/C(=O)OC)C2C(=O)N(Cc3ccccc3)C1C(=O)N2Cc1ccccc1. The minimum absolute atomic E-state index is 0.176. The molecule has 0 aliphatic carbocycles. The Hall–Kier alpha value is -4.20. The summed E-state index contributed by atoms with van der Waals surface area (Å²) < 4.78 is 9.58. The van der Waals surface area contributed by atoms with Gasteiger partial charge in [0.25, 0.3) is 11.8 Å². The Morgan fingerprint density at radius 3 is 1.38 bits per heavy atom. The van der Waals surface area contributed by atoms with Gasteiger partial charge in [-0.3, -0.25) is 9.59 Å². The minimum Gasteiger partial charge on any atom is -0.466 e. The normalized spacial score (nSPS) is 21.8. The Labute approximate surface area is 197 Å². The van der Waals surface area contributed by atoms with Crippen LogP contribution in [-0.4, -0.2) is 59.9 Å². The van der Waals surface area contributed by atoms with Crippen LogP contribution in [0.5, 0.6) is 0 Å². The number of amides is 2. The molecule has 0 radical (unpaired) electrons. The number of hydrogen-bond donors (Lipinski definition) is 0. The number of piperazine rings is 1. The fourth-order valence-electron chi connectivity index (χ4n) is 4.35. The van der Waals surface area contributed by atoms with Crippen molar-refractivity contribution < 1.29 is 28.7 Å². The van der Waals surface area contributed by atoms with Crippen LogP contribution in [0.25, 0.3) is 0 Å². The van der Waals surface area contributed by atoms with Crippen LogP contribution in [0.3, 0.4) is 0 Å². The number of carbonyl (C=O) groups is 4. The molecule has 5 rings (SSSR count). The van der Waals surface area contributed by atoms with Gasteiger partial charge in [-0.1, -0.05) is 60.7 Å². The molecule has 3 aliphatic rings. The highest BCUT2D eigenvalue weighted by atomic mass is 16.5. The lowest BCUT2D eigenvalue weighted by Gasteiger charge is -2.52. The lowest BCUT2D eigenvalue weighted by molar-refractivity contribution is -0.162. The van der Waals surface area contributed by atoms with Gasteiger partial charge in [-0.2, -0.15) is 0 Å². The van der Waals surface area contributed by atoms with Crippen LogP contribution in [0.2, 0.25) is 0 Å². The van der Waals surface area contributed by atoms with E-state index >= 15 is 0 Å². The highest BCUT2D eigenvalue weighted by Crippen LogP contribution is 2.40. The van der Waals surface area contributed by atoms with E-state index in [0.29, 0.717) is 0 Å². The molecule has 3 fully saturated rings. The molecule has 8 nitrogen and oxygen atoms in total. The number of fused-ring (bicyclic) bond motifs is 3. The van der Waals surface area contributed by atoms with Crippen LogP contribution in [0, 0.1) is 0 Å². The summed E-state index contributed by atoms with van der Waals surface area (Å²) in [6.45, 7) is 0.353. The summed E-state index contributed by atoms with van der Waals surface area (Å²) in [7, 11) is 2.45. The highest BCUT2D eigenvalue weighted by molar-refractivity contribution is 6.07. The van der Waals surface area contributed by atoms with Gasteiger partial charge in [-0.25, -0.2) is 9.59 Å². The molecule has 34 heavy (non-hydrogen) atoms. The Morgan fingerprint density at radius 1 is 0.706 bits per heavy atom. The average molecular weight is 460 g/mol. The monoisotopic (exact) mass is 460 g/mol. The molecule has 2 aromatic carbocycles. The molecule has 2 atom stereocenters. The van der Waals surface area contributed by atoms with Crippen molar-refractivity contribution in [3.05, 3.63) is 95.1 Å². The van der Waals surface area contributed by atoms with Crippen molar-refractivity contribution in [2.24, 2.45) is 0 Å². The second kappa shape index (κ2) is 9.74. The van der Waals surface area contributed by atoms with Crippen molar-refractivity contribution in [1.29, 1.82) is 0 Å². The van der Waals surface area contributed by atoms with Gasteiger partial charge in [0.15, 0.2) is 0 Å². The maximum Gasteiger partial charge on any atom is 0.330 e. The molecular formula is C26H24N2O6. The van der Waals surface area contributed by atoms with E-state index < -0.39 is 24.0 Å². The molecule has 3 heterocycles. The van der Waals surface area contributed by atoms with Crippen molar-refractivity contribution in [2.75, 3.05) is 14.2 Å². The molecule has 0 aromatic heterocycles. The van der Waals surface area contributed by atoms with E-state index in [-0.39, 0.29) is 36.1 Å². The van der Waals surface area contributed by atoms with E-state index in [2.05, 4.69) is 0 Å². The molecular weight excluding hydrogens is 436 g/mol. The molecule has 2 aromatic rings. The Kier molecular flexibility index (Phi) is 6.58. The molecule has 0 spiro atoms. The quantitative estimate of drug-likeness (QED) is 0.484. The van der Waals surface area contributed by atoms with Crippen LogP contribution >= 0.6 is 0 Å². The lowest BCUT2D eigenvalue weighted by atomic mass is 9.79. The average Bonchev–Trinajstić information content (AvgIpc) is 2.85. The number of benzene rings is 2. The first kappa shape index (κ1) is 23.0. The molecule has 2 bridgehead atoms. The Balaban J connectivity index is 1.83. The fraction of sp³-hybridized carbons (Fsp3) is 0.231. The van der Waals surface area contributed by atoms with Crippen molar-refractivity contribution in [3.63, 3.8) is 0 Å². The van der Waals surface area contributed by atoms with Crippen molar-refractivity contribution >= 4 is 23.8 Å². The van der Waals surface area contributed by atoms with Gasteiger partial charge in [0.05, 0.1) is 14.2 Å². The van der Waals surface area contributed by atoms with E-state index in [4.69, 9.17) is 9.47 Å². The predicted molar refractivity (Wildman–Crippen MR) is 122 cm³/mol. The first-order chi connectivity index (χ1) is 16.4. The first-order valence-corrected chi connectivity index (χ1v) is 10.7. The number of methoxy groups -OCH3 is 2. The van der Waals surface area contributed by atoms with Crippen molar-refractivity contribution in [1.82, 2.24) is 9.80 Å². The van der Waals surface area contributed by atoms with E-state index in [1.165, 1.54) is 36.2 Å². The third-order valence-electron chi connectivity index (χ3n) is 5.92. The third kappa shape index (κ3) is 4.34. The summed E-state index contributed by atoms with van der Waals surface area (Å²) in [5.41, 5.74) is 2.18. The summed E-state index contributed by atoms with van der Waals surface area (Å²) >= 11 is 0. The van der Waals surface area contributed by atoms with Crippen molar-refractivity contribution in [3.8, 4) is 0 Å². The van der Waals surface area contributed by atoms with Gasteiger partial charge < -0.3 is 19.3 Å². The second-order valence-electron chi connectivity index (χ2n) is 7.95. The number of ether oxygens (including phenoxy) is 2.